The van der Waals surface area contributed by atoms with E-state index < -0.39 is 5.82 Å². The molecule has 7 heterocycles. The number of halogens is 1. The van der Waals surface area contributed by atoms with E-state index in [1.165, 1.54) is 12.8 Å². The highest BCUT2D eigenvalue weighted by Crippen LogP contribution is 2.45. The number of phenols is 1. The highest BCUT2D eigenvalue weighted by atomic mass is 19.1. The average molecular weight is 569 g/mol. The highest BCUT2D eigenvalue weighted by molar-refractivity contribution is 6.02. The molecule has 42 heavy (non-hydrogen) atoms. The standard InChI is InChI=1S/C32H33FN6O3/c33-26-27(22-14-20(40)13-18-5-1-2-6-21(18)22)35-30-25-28(26)36-31(42-17-32-9-3-11-38(32)12-4-10-32)37-29(25)39-15-19-7-8-23(34-19)24(39)16-41-30/h1-2,5-6,13-14,19,23-24,34,40H,3-4,7-12,15-17H2/t19?,23-,24?/m1/s1. The zero-order valence-corrected chi connectivity index (χ0v) is 23.4. The van der Waals surface area contributed by atoms with E-state index in [0.717, 1.165) is 56.1 Å². The number of aromatic nitrogens is 3. The molecule has 0 radical (unpaired) electrons. The Morgan fingerprint density at radius 3 is 2.83 bits per heavy atom. The topological polar surface area (TPSA) is 95.9 Å². The third-order valence-electron chi connectivity index (χ3n) is 10.3. The fourth-order valence-electron chi connectivity index (χ4n) is 8.31. The fraction of sp³-hybridized carbons (Fsp3) is 0.469. The number of nitrogens with zero attached hydrogens (tertiary/aromatic N) is 5. The Balaban J connectivity index is 1.23. The smallest absolute Gasteiger partial charge is 0.319 e. The minimum atomic E-state index is -0.570. The van der Waals surface area contributed by atoms with Crippen molar-refractivity contribution in [3.63, 3.8) is 0 Å². The van der Waals surface area contributed by atoms with Crippen LogP contribution in [-0.2, 0) is 0 Å². The van der Waals surface area contributed by atoms with Gasteiger partial charge in [0.15, 0.2) is 5.82 Å². The van der Waals surface area contributed by atoms with Gasteiger partial charge in [0.1, 0.15) is 41.4 Å². The summed E-state index contributed by atoms with van der Waals surface area (Å²) in [5.41, 5.74) is 0.735. The van der Waals surface area contributed by atoms with Gasteiger partial charge in [-0.05, 0) is 74.5 Å². The number of nitrogens with one attached hydrogen (secondary N) is 1. The maximum absolute atomic E-state index is 16.8. The SMILES string of the molecule is Oc1cc(-c2nc3c4c(nc(OCC56CCCN5CCC6)nc4c2F)N2CC4CC[C@@H](N4)C2CO3)c2ccccc2c1. The second-order valence-corrected chi connectivity index (χ2v) is 12.6. The Bertz CT molecular complexity index is 1740. The average Bonchev–Trinajstić information content (AvgIpc) is 3.67. The minimum Gasteiger partial charge on any atom is -0.508 e. The number of hydrogen-bond donors (Lipinski definition) is 2. The van der Waals surface area contributed by atoms with E-state index in [0.29, 0.717) is 41.9 Å². The minimum absolute atomic E-state index is 0.0137. The first kappa shape index (κ1) is 24.8. The predicted octanol–water partition coefficient (Wildman–Crippen LogP) is 4.40. The highest BCUT2D eigenvalue weighted by Gasteiger charge is 2.46. The third-order valence-corrected chi connectivity index (χ3v) is 10.3. The van der Waals surface area contributed by atoms with E-state index in [4.69, 9.17) is 24.4 Å². The van der Waals surface area contributed by atoms with Gasteiger partial charge in [0.25, 0.3) is 0 Å². The quantitative estimate of drug-likeness (QED) is 0.372. The molecule has 5 aliphatic heterocycles. The molecule has 0 amide bonds. The molecule has 4 saturated heterocycles. The molecule has 9 rings (SSSR count). The summed E-state index contributed by atoms with van der Waals surface area (Å²) in [6, 6.07) is 11.7. The molecule has 9 nitrogen and oxygen atoms in total. The number of phenolic OH excluding ortho intramolecular Hbond substituents is 1. The molecular formula is C32H33FN6O3. The Labute approximate surface area is 242 Å². The predicted molar refractivity (Wildman–Crippen MR) is 157 cm³/mol. The van der Waals surface area contributed by atoms with Gasteiger partial charge in [0, 0.05) is 24.2 Å². The molecule has 2 aromatic heterocycles. The van der Waals surface area contributed by atoms with Crippen LogP contribution in [0.1, 0.15) is 38.5 Å². The van der Waals surface area contributed by atoms with Gasteiger partial charge in [0.2, 0.25) is 5.88 Å². The molecule has 10 heteroatoms. The molecule has 2 unspecified atom stereocenters. The second-order valence-electron chi connectivity index (χ2n) is 12.6. The Hall–Kier alpha value is -3.76. The maximum atomic E-state index is 16.8. The second kappa shape index (κ2) is 9.12. The summed E-state index contributed by atoms with van der Waals surface area (Å²) in [6.07, 6.45) is 6.69. The van der Waals surface area contributed by atoms with Crippen LogP contribution in [0.3, 0.4) is 0 Å². The molecule has 2 bridgehead atoms. The van der Waals surface area contributed by atoms with Gasteiger partial charge in [-0.1, -0.05) is 24.3 Å². The van der Waals surface area contributed by atoms with E-state index in [1.807, 2.05) is 24.3 Å². The molecule has 3 atom stereocenters. The summed E-state index contributed by atoms with van der Waals surface area (Å²) in [5.74, 6) is 0.425. The van der Waals surface area contributed by atoms with Crippen molar-refractivity contribution in [2.75, 3.05) is 37.7 Å². The van der Waals surface area contributed by atoms with Gasteiger partial charge in [-0.3, -0.25) is 4.90 Å². The first-order valence-corrected chi connectivity index (χ1v) is 15.2. The Morgan fingerprint density at radius 1 is 1.10 bits per heavy atom. The van der Waals surface area contributed by atoms with Crippen LogP contribution in [0.2, 0.25) is 0 Å². The van der Waals surface area contributed by atoms with E-state index in [1.54, 1.807) is 12.1 Å². The number of fused-ring (bicyclic) bond motifs is 7. The van der Waals surface area contributed by atoms with Gasteiger partial charge in [0.05, 0.1) is 11.6 Å². The monoisotopic (exact) mass is 568 g/mol. The lowest BCUT2D eigenvalue weighted by atomic mass is 9.95. The Morgan fingerprint density at radius 2 is 1.95 bits per heavy atom. The van der Waals surface area contributed by atoms with Gasteiger partial charge in [-0.15, -0.1) is 0 Å². The molecule has 4 aromatic rings. The van der Waals surface area contributed by atoms with Gasteiger partial charge >= 0.3 is 6.01 Å². The van der Waals surface area contributed by atoms with E-state index in [2.05, 4.69) is 15.1 Å². The number of anilines is 1. The van der Waals surface area contributed by atoms with Crippen LogP contribution in [0.4, 0.5) is 10.2 Å². The summed E-state index contributed by atoms with van der Waals surface area (Å²) in [7, 11) is 0. The molecular weight excluding hydrogens is 535 g/mol. The van der Waals surface area contributed by atoms with E-state index in [9.17, 15) is 5.11 Å². The summed E-state index contributed by atoms with van der Waals surface area (Å²) in [6.45, 7) is 3.85. The lowest BCUT2D eigenvalue weighted by Crippen LogP contribution is -2.60. The van der Waals surface area contributed by atoms with Crippen LogP contribution >= 0.6 is 0 Å². The zero-order chi connectivity index (χ0) is 28.0. The third kappa shape index (κ3) is 3.64. The van der Waals surface area contributed by atoms with Crippen LogP contribution in [0.15, 0.2) is 36.4 Å². The lowest BCUT2D eigenvalue weighted by Gasteiger charge is -2.40. The van der Waals surface area contributed by atoms with Gasteiger partial charge < -0.3 is 24.8 Å². The van der Waals surface area contributed by atoms with Crippen molar-refractivity contribution in [2.45, 2.75) is 62.2 Å². The number of piperazine rings is 1. The Kier molecular flexibility index (Phi) is 5.38. The number of hydrogen-bond acceptors (Lipinski definition) is 9. The summed E-state index contributed by atoms with van der Waals surface area (Å²) >= 11 is 0. The van der Waals surface area contributed by atoms with Gasteiger partial charge in [-0.2, -0.15) is 9.97 Å². The van der Waals surface area contributed by atoms with Crippen molar-refractivity contribution in [2.24, 2.45) is 0 Å². The van der Waals surface area contributed by atoms with Crippen molar-refractivity contribution in [1.29, 1.82) is 0 Å². The van der Waals surface area contributed by atoms with Crippen molar-refractivity contribution < 1.29 is 19.0 Å². The molecule has 0 saturated carbocycles. The molecule has 0 spiro atoms. The van der Waals surface area contributed by atoms with Crippen LogP contribution in [0.25, 0.3) is 32.9 Å². The van der Waals surface area contributed by atoms with Crippen LogP contribution in [0.5, 0.6) is 17.6 Å². The van der Waals surface area contributed by atoms with E-state index in [-0.39, 0.29) is 40.6 Å². The summed E-state index contributed by atoms with van der Waals surface area (Å²) < 4.78 is 29.6. The number of pyridine rings is 1. The summed E-state index contributed by atoms with van der Waals surface area (Å²) in [5, 5.41) is 16.3. The molecule has 5 aliphatic rings. The molecule has 4 fully saturated rings. The number of ether oxygens (including phenoxy) is 2. The number of rotatable bonds is 4. The van der Waals surface area contributed by atoms with Crippen LogP contribution in [0, 0.1) is 5.82 Å². The molecule has 2 N–H and O–H groups in total. The van der Waals surface area contributed by atoms with Crippen molar-refractivity contribution >= 4 is 27.5 Å². The van der Waals surface area contributed by atoms with Crippen LogP contribution in [-0.4, -0.2) is 81.5 Å². The van der Waals surface area contributed by atoms with Crippen LogP contribution < -0.4 is 19.7 Å². The maximum Gasteiger partial charge on any atom is 0.319 e. The van der Waals surface area contributed by atoms with Crippen molar-refractivity contribution in [3.05, 3.63) is 42.2 Å². The molecule has 0 aliphatic carbocycles. The molecule has 2 aromatic carbocycles. The van der Waals surface area contributed by atoms with E-state index >= 15 is 4.39 Å². The fourth-order valence-corrected chi connectivity index (χ4v) is 8.31. The summed E-state index contributed by atoms with van der Waals surface area (Å²) in [4.78, 5) is 19.3. The number of aromatic hydroxyl groups is 1. The first-order chi connectivity index (χ1) is 20.6. The number of benzene rings is 2. The van der Waals surface area contributed by atoms with Crippen molar-refractivity contribution in [3.8, 4) is 28.9 Å². The van der Waals surface area contributed by atoms with Gasteiger partial charge in [-0.25, -0.2) is 9.37 Å². The van der Waals surface area contributed by atoms with Crippen molar-refractivity contribution in [1.82, 2.24) is 25.2 Å². The lowest BCUT2D eigenvalue weighted by molar-refractivity contribution is 0.108. The normalized spacial score (nSPS) is 25.8. The zero-order valence-electron chi connectivity index (χ0n) is 23.4. The largest absolute Gasteiger partial charge is 0.508 e. The molecule has 216 valence electrons. The first-order valence-electron chi connectivity index (χ1n) is 15.2.